The highest BCUT2D eigenvalue weighted by molar-refractivity contribution is 5.43. The Kier molecular flexibility index (Phi) is 6.70. The molecule has 1 aromatic carbocycles. The average molecular weight is 249 g/mol. The lowest BCUT2D eigenvalue weighted by Crippen LogP contribution is -2.17. The number of hydrogen-bond acceptors (Lipinski definition) is 4. The first-order valence-electron chi connectivity index (χ1n) is 5.95. The van der Waals surface area contributed by atoms with Crippen molar-refractivity contribution in [2.75, 3.05) is 26.4 Å². The van der Waals surface area contributed by atoms with Crippen molar-refractivity contribution in [3.8, 4) is 23.8 Å². The summed E-state index contributed by atoms with van der Waals surface area (Å²) in [5.41, 5.74) is 1.07. The highest BCUT2D eigenvalue weighted by Gasteiger charge is 2.06. The van der Waals surface area contributed by atoms with Crippen LogP contribution in [0, 0.1) is 12.3 Å². The van der Waals surface area contributed by atoms with Crippen LogP contribution in [0.5, 0.6) is 11.5 Å². The van der Waals surface area contributed by atoms with Crippen LogP contribution in [0.2, 0.25) is 0 Å². The van der Waals surface area contributed by atoms with E-state index in [1.54, 1.807) is 0 Å². The molecule has 0 saturated carbocycles. The Bertz CT molecular complexity index is 399. The molecular weight excluding hydrogens is 230 g/mol. The van der Waals surface area contributed by atoms with Gasteiger partial charge in [-0.3, -0.25) is 0 Å². The number of rotatable bonds is 8. The summed E-state index contributed by atoms with van der Waals surface area (Å²) in [5.74, 6) is 3.77. The van der Waals surface area contributed by atoms with E-state index in [4.69, 9.17) is 21.0 Å². The molecule has 0 aliphatic carbocycles. The molecule has 1 aromatic rings. The van der Waals surface area contributed by atoms with Gasteiger partial charge in [-0.25, -0.2) is 0 Å². The smallest absolute Gasteiger partial charge is 0.162 e. The third-order valence-corrected chi connectivity index (χ3v) is 2.24. The minimum Gasteiger partial charge on any atom is -0.490 e. The molecule has 2 N–H and O–H groups in total. The third kappa shape index (κ3) is 4.66. The quantitative estimate of drug-likeness (QED) is 0.536. The lowest BCUT2D eigenvalue weighted by atomic mass is 10.2. The molecule has 0 heterocycles. The number of benzene rings is 1. The van der Waals surface area contributed by atoms with E-state index < -0.39 is 0 Å². The van der Waals surface area contributed by atoms with E-state index in [1.165, 1.54) is 0 Å². The zero-order chi connectivity index (χ0) is 13.2. The van der Waals surface area contributed by atoms with Crippen LogP contribution in [0.25, 0.3) is 0 Å². The van der Waals surface area contributed by atoms with Gasteiger partial charge in [0, 0.05) is 13.1 Å². The number of aliphatic hydroxyl groups is 1. The van der Waals surface area contributed by atoms with E-state index in [-0.39, 0.29) is 13.2 Å². The monoisotopic (exact) mass is 249 g/mol. The van der Waals surface area contributed by atoms with Crippen LogP contribution in [-0.4, -0.2) is 31.5 Å². The molecule has 0 spiro atoms. The molecule has 0 unspecified atom stereocenters. The fourth-order valence-electron chi connectivity index (χ4n) is 1.48. The summed E-state index contributed by atoms with van der Waals surface area (Å²) in [6.45, 7) is 4.08. The second-order valence-electron chi connectivity index (χ2n) is 3.61. The summed E-state index contributed by atoms with van der Waals surface area (Å²) in [6.07, 6.45) is 5.16. The van der Waals surface area contributed by atoms with Gasteiger partial charge in [0.1, 0.15) is 6.61 Å². The van der Waals surface area contributed by atoms with E-state index in [2.05, 4.69) is 11.2 Å². The van der Waals surface area contributed by atoms with Gasteiger partial charge >= 0.3 is 0 Å². The highest BCUT2D eigenvalue weighted by Crippen LogP contribution is 2.28. The van der Waals surface area contributed by atoms with Crippen LogP contribution in [0.4, 0.5) is 0 Å². The first kappa shape index (κ1) is 14.4. The molecular formula is C14H19NO3. The van der Waals surface area contributed by atoms with Crippen molar-refractivity contribution in [2.24, 2.45) is 0 Å². The van der Waals surface area contributed by atoms with Crippen LogP contribution in [0.3, 0.4) is 0 Å². The lowest BCUT2D eigenvalue weighted by molar-refractivity contribution is 0.291. The van der Waals surface area contributed by atoms with Crippen LogP contribution in [0.1, 0.15) is 12.5 Å². The van der Waals surface area contributed by atoms with Crippen molar-refractivity contribution >= 4 is 0 Å². The maximum absolute atomic E-state index is 8.70. The van der Waals surface area contributed by atoms with Crippen molar-refractivity contribution in [1.82, 2.24) is 5.32 Å². The van der Waals surface area contributed by atoms with Gasteiger partial charge in [-0.05, 0) is 24.6 Å². The second kappa shape index (κ2) is 8.40. The SMILES string of the molecule is C#CCOc1ccc(CNCCO)cc1OCC. The first-order chi connectivity index (χ1) is 8.81. The molecule has 4 heteroatoms. The van der Waals surface area contributed by atoms with Gasteiger partial charge in [0.05, 0.1) is 13.2 Å². The fraction of sp³-hybridized carbons (Fsp3) is 0.429. The van der Waals surface area contributed by atoms with Gasteiger partial charge < -0.3 is 19.9 Å². The van der Waals surface area contributed by atoms with Crippen LogP contribution >= 0.6 is 0 Å². The summed E-state index contributed by atoms with van der Waals surface area (Å²) in [4.78, 5) is 0. The Morgan fingerprint density at radius 1 is 1.33 bits per heavy atom. The Hall–Kier alpha value is -1.70. The van der Waals surface area contributed by atoms with Crippen molar-refractivity contribution in [3.63, 3.8) is 0 Å². The fourth-order valence-corrected chi connectivity index (χ4v) is 1.48. The molecule has 0 bridgehead atoms. The van der Waals surface area contributed by atoms with Crippen molar-refractivity contribution in [3.05, 3.63) is 23.8 Å². The number of hydrogen-bond donors (Lipinski definition) is 2. The third-order valence-electron chi connectivity index (χ3n) is 2.24. The zero-order valence-corrected chi connectivity index (χ0v) is 10.6. The minimum atomic E-state index is 0.127. The summed E-state index contributed by atoms with van der Waals surface area (Å²) in [6, 6.07) is 5.71. The van der Waals surface area contributed by atoms with Crippen molar-refractivity contribution in [1.29, 1.82) is 0 Å². The average Bonchev–Trinajstić information content (AvgIpc) is 2.38. The van der Waals surface area contributed by atoms with Crippen LogP contribution in [-0.2, 0) is 6.54 Å². The molecule has 0 fully saturated rings. The number of terminal acetylenes is 1. The largest absolute Gasteiger partial charge is 0.490 e. The van der Waals surface area contributed by atoms with Crippen molar-refractivity contribution < 1.29 is 14.6 Å². The molecule has 0 amide bonds. The normalized spacial score (nSPS) is 9.83. The summed E-state index contributed by atoms with van der Waals surface area (Å²) < 4.78 is 10.9. The Balaban J connectivity index is 2.72. The second-order valence-corrected chi connectivity index (χ2v) is 3.61. The molecule has 0 atom stereocenters. The Labute approximate surface area is 108 Å². The number of aliphatic hydroxyl groups excluding tert-OH is 1. The highest BCUT2D eigenvalue weighted by atomic mass is 16.5. The maximum atomic E-state index is 8.70. The molecule has 1 rings (SSSR count). The van der Waals surface area contributed by atoms with Gasteiger partial charge in [-0.15, -0.1) is 6.42 Å². The first-order valence-corrected chi connectivity index (χ1v) is 5.95. The topological polar surface area (TPSA) is 50.7 Å². The van der Waals surface area contributed by atoms with Crippen molar-refractivity contribution in [2.45, 2.75) is 13.5 Å². The molecule has 0 aromatic heterocycles. The Morgan fingerprint density at radius 3 is 2.83 bits per heavy atom. The van der Waals surface area contributed by atoms with E-state index in [0.29, 0.717) is 31.2 Å². The molecule has 4 nitrogen and oxygen atoms in total. The van der Waals surface area contributed by atoms with E-state index >= 15 is 0 Å². The lowest BCUT2D eigenvalue weighted by Gasteiger charge is -2.12. The molecule has 0 saturated heterocycles. The molecule has 0 radical (unpaired) electrons. The zero-order valence-electron chi connectivity index (χ0n) is 10.6. The van der Waals surface area contributed by atoms with E-state index in [1.807, 2.05) is 25.1 Å². The minimum absolute atomic E-state index is 0.127. The van der Waals surface area contributed by atoms with Gasteiger partial charge in [-0.2, -0.15) is 0 Å². The molecule has 0 aliphatic rings. The number of ether oxygens (including phenoxy) is 2. The summed E-state index contributed by atoms with van der Waals surface area (Å²) >= 11 is 0. The predicted molar refractivity (Wildman–Crippen MR) is 70.7 cm³/mol. The Morgan fingerprint density at radius 2 is 2.17 bits per heavy atom. The van der Waals surface area contributed by atoms with Gasteiger partial charge in [0.2, 0.25) is 0 Å². The van der Waals surface area contributed by atoms with Crippen LogP contribution < -0.4 is 14.8 Å². The molecule has 98 valence electrons. The van der Waals surface area contributed by atoms with Gasteiger partial charge in [0.15, 0.2) is 11.5 Å². The standard InChI is InChI=1S/C14H19NO3/c1-3-9-18-13-6-5-12(11-15-7-8-16)10-14(13)17-4-2/h1,5-6,10,15-16H,4,7-9,11H2,2H3. The summed E-state index contributed by atoms with van der Waals surface area (Å²) in [5, 5.41) is 11.8. The maximum Gasteiger partial charge on any atom is 0.162 e. The summed E-state index contributed by atoms with van der Waals surface area (Å²) in [7, 11) is 0. The van der Waals surface area contributed by atoms with Gasteiger partial charge in [0.25, 0.3) is 0 Å². The van der Waals surface area contributed by atoms with Gasteiger partial charge in [-0.1, -0.05) is 12.0 Å². The van der Waals surface area contributed by atoms with E-state index in [0.717, 1.165) is 5.56 Å². The molecule has 18 heavy (non-hydrogen) atoms. The number of nitrogens with one attached hydrogen (secondary N) is 1. The predicted octanol–water partition coefficient (Wildman–Crippen LogP) is 1.18. The molecule has 0 aliphatic heterocycles. The van der Waals surface area contributed by atoms with Crippen LogP contribution in [0.15, 0.2) is 18.2 Å². The van der Waals surface area contributed by atoms with E-state index in [9.17, 15) is 0 Å².